The molecule has 5 rings (SSSR count). The van der Waals surface area contributed by atoms with Crippen molar-refractivity contribution in [2.75, 3.05) is 0 Å². The van der Waals surface area contributed by atoms with E-state index >= 15 is 0 Å². The van der Waals surface area contributed by atoms with E-state index in [0.29, 0.717) is 12.2 Å². The highest BCUT2D eigenvalue weighted by atomic mass is 19.1. The van der Waals surface area contributed by atoms with Crippen LogP contribution in [0.5, 0.6) is 0 Å². The monoisotopic (exact) mass is 400 g/mol. The first-order chi connectivity index (χ1) is 14.5. The van der Waals surface area contributed by atoms with Gasteiger partial charge in [-0.15, -0.1) is 0 Å². The van der Waals surface area contributed by atoms with E-state index in [1.54, 1.807) is 12.1 Å². The molecule has 1 saturated carbocycles. The van der Waals surface area contributed by atoms with E-state index < -0.39 is 0 Å². The number of ketones is 1. The van der Waals surface area contributed by atoms with Crippen molar-refractivity contribution in [1.29, 1.82) is 0 Å². The van der Waals surface area contributed by atoms with Gasteiger partial charge in [0.2, 0.25) is 0 Å². The molecule has 152 valence electrons. The standard InChI is InChI=1S/C26H25FN2O/c1-26-16-19-17-28-29(22-12-10-21(27)11-13-22)24(19)15-20(26)8-5-9-23(26)25(30)14-18-6-3-2-4-7-18/h2-4,6-7,10-13,15,17,23H,5,8-9,14,16H2,1H3/t23-,26+/m1/s1. The van der Waals surface area contributed by atoms with Crippen molar-refractivity contribution in [2.45, 2.75) is 39.0 Å². The first-order valence-electron chi connectivity index (χ1n) is 10.6. The average molecular weight is 400 g/mol. The largest absolute Gasteiger partial charge is 0.299 e. The number of carbonyl (C=O) groups is 1. The summed E-state index contributed by atoms with van der Waals surface area (Å²) < 4.78 is 15.2. The summed E-state index contributed by atoms with van der Waals surface area (Å²) in [5, 5.41) is 4.59. The summed E-state index contributed by atoms with van der Waals surface area (Å²) in [5.41, 5.74) is 5.34. The van der Waals surface area contributed by atoms with Crippen LogP contribution in [-0.2, 0) is 17.6 Å². The number of benzene rings is 2. The first kappa shape index (κ1) is 19.0. The van der Waals surface area contributed by atoms with Crippen molar-refractivity contribution in [3.8, 4) is 5.69 Å². The van der Waals surface area contributed by atoms with Gasteiger partial charge in [0.25, 0.3) is 0 Å². The number of Topliss-reactive ketones (excluding diaryl/α,β-unsaturated/α-hetero) is 1. The van der Waals surface area contributed by atoms with Gasteiger partial charge in [-0.05, 0) is 67.2 Å². The van der Waals surface area contributed by atoms with Crippen LogP contribution in [0.2, 0.25) is 0 Å². The molecule has 3 nitrogen and oxygen atoms in total. The Morgan fingerprint density at radius 2 is 1.93 bits per heavy atom. The van der Waals surface area contributed by atoms with E-state index in [1.165, 1.54) is 17.7 Å². The van der Waals surface area contributed by atoms with Crippen molar-refractivity contribution in [1.82, 2.24) is 9.78 Å². The second-order valence-electron chi connectivity index (χ2n) is 8.78. The molecular formula is C26H25FN2O. The predicted octanol–water partition coefficient (Wildman–Crippen LogP) is 5.57. The lowest BCUT2D eigenvalue weighted by Gasteiger charge is -2.45. The third-order valence-corrected chi connectivity index (χ3v) is 6.88. The number of nitrogens with zero attached hydrogens (tertiary/aromatic N) is 2. The number of allylic oxidation sites excluding steroid dienone is 1. The second kappa shape index (κ2) is 7.35. The van der Waals surface area contributed by atoms with Crippen molar-refractivity contribution in [2.24, 2.45) is 11.3 Å². The molecule has 30 heavy (non-hydrogen) atoms. The summed E-state index contributed by atoms with van der Waals surface area (Å²) in [6, 6.07) is 16.5. The van der Waals surface area contributed by atoms with E-state index in [1.807, 2.05) is 41.2 Å². The molecule has 0 bridgehead atoms. The van der Waals surface area contributed by atoms with Gasteiger partial charge in [0.15, 0.2) is 0 Å². The molecule has 1 heterocycles. The van der Waals surface area contributed by atoms with Crippen LogP contribution in [0.15, 0.2) is 66.4 Å². The van der Waals surface area contributed by atoms with E-state index in [2.05, 4.69) is 18.1 Å². The fourth-order valence-electron chi connectivity index (χ4n) is 5.27. The van der Waals surface area contributed by atoms with Crippen LogP contribution in [0, 0.1) is 17.2 Å². The Balaban J connectivity index is 1.47. The van der Waals surface area contributed by atoms with Crippen molar-refractivity contribution < 1.29 is 9.18 Å². The normalized spacial score (nSPS) is 22.7. The average Bonchev–Trinajstić information content (AvgIpc) is 3.14. The van der Waals surface area contributed by atoms with Gasteiger partial charge in [-0.1, -0.05) is 42.8 Å². The minimum Gasteiger partial charge on any atom is -0.299 e. The molecular weight excluding hydrogens is 375 g/mol. The summed E-state index contributed by atoms with van der Waals surface area (Å²) >= 11 is 0. The quantitative estimate of drug-likeness (QED) is 0.574. The SMILES string of the molecule is C[C@]12Cc3cnn(-c4ccc(F)cc4)c3C=C1CCC[C@@H]2C(=O)Cc1ccccc1. The smallest absolute Gasteiger partial charge is 0.141 e. The van der Waals surface area contributed by atoms with Crippen LogP contribution in [0.3, 0.4) is 0 Å². The lowest BCUT2D eigenvalue weighted by atomic mass is 9.58. The maximum Gasteiger partial charge on any atom is 0.141 e. The molecule has 2 aromatic carbocycles. The highest BCUT2D eigenvalue weighted by Gasteiger charge is 2.46. The molecule has 3 aromatic rings. The van der Waals surface area contributed by atoms with Crippen molar-refractivity contribution in [3.05, 3.63) is 89.0 Å². The number of rotatable bonds is 4. The van der Waals surface area contributed by atoms with Crippen LogP contribution in [0.25, 0.3) is 11.8 Å². The summed E-state index contributed by atoms with van der Waals surface area (Å²) in [4.78, 5) is 13.3. The molecule has 1 aromatic heterocycles. The number of halogens is 1. The molecule has 0 saturated heterocycles. The van der Waals surface area contributed by atoms with Gasteiger partial charge in [-0.3, -0.25) is 4.79 Å². The van der Waals surface area contributed by atoms with Gasteiger partial charge in [-0.2, -0.15) is 5.10 Å². The minimum atomic E-state index is -0.252. The highest BCUT2D eigenvalue weighted by molar-refractivity contribution is 5.85. The number of hydrogen-bond acceptors (Lipinski definition) is 2. The maximum atomic E-state index is 13.3. The Hall–Kier alpha value is -3.01. The van der Waals surface area contributed by atoms with E-state index in [-0.39, 0.29) is 17.2 Å². The molecule has 2 aliphatic carbocycles. The van der Waals surface area contributed by atoms with Gasteiger partial charge in [0.1, 0.15) is 11.6 Å². The molecule has 0 N–H and O–H groups in total. The molecule has 2 atom stereocenters. The Bertz CT molecular complexity index is 1110. The van der Waals surface area contributed by atoms with Gasteiger partial charge >= 0.3 is 0 Å². The van der Waals surface area contributed by atoms with Crippen molar-refractivity contribution >= 4 is 11.9 Å². The summed E-state index contributed by atoms with van der Waals surface area (Å²) in [5.74, 6) is 0.112. The summed E-state index contributed by atoms with van der Waals surface area (Å²) in [7, 11) is 0. The van der Waals surface area contributed by atoms with Gasteiger partial charge in [0.05, 0.1) is 17.6 Å². The van der Waals surface area contributed by atoms with E-state index in [4.69, 9.17) is 0 Å². The molecule has 4 heteroatoms. The third kappa shape index (κ3) is 3.20. The molecule has 1 fully saturated rings. The van der Waals surface area contributed by atoms with Crippen LogP contribution >= 0.6 is 0 Å². The Morgan fingerprint density at radius 3 is 2.70 bits per heavy atom. The van der Waals surface area contributed by atoms with E-state index in [0.717, 1.165) is 48.2 Å². The van der Waals surface area contributed by atoms with Crippen LogP contribution in [0.1, 0.15) is 43.0 Å². The molecule has 0 spiro atoms. The molecule has 2 aliphatic rings. The molecule has 0 radical (unpaired) electrons. The minimum absolute atomic E-state index is 0.0278. The fourth-order valence-corrected chi connectivity index (χ4v) is 5.27. The van der Waals surface area contributed by atoms with Gasteiger partial charge < -0.3 is 0 Å². The second-order valence-corrected chi connectivity index (χ2v) is 8.78. The van der Waals surface area contributed by atoms with Crippen LogP contribution < -0.4 is 0 Å². The number of fused-ring (bicyclic) bond motifs is 2. The van der Waals surface area contributed by atoms with Crippen LogP contribution in [-0.4, -0.2) is 15.6 Å². The molecule has 0 aliphatic heterocycles. The summed E-state index contributed by atoms with van der Waals surface area (Å²) in [6.45, 7) is 2.25. The lowest BCUT2D eigenvalue weighted by Crippen LogP contribution is -2.41. The Kier molecular flexibility index (Phi) is 4.65. The number of carbonyl (C=O) groups excluding carboxylic acids is 1. The molecule has 0 amide bonds. The zero-order valence-corrected chi connectivity index (χ0v) is 17.1. The summed E-state index contributed by atoms with van der Waals surface area (Å²) in [6.07, 6.45) is 8.45. The Morgan fingerprint density at radius 1 is 1.17 bits per heavy atom. The zero-order chi connectivity index (χ0) is 20.7. The fraction of sp³-hybridized carbons (Fsp3) is 0.308. The first-order valence-corrected chi connectivity index (χ1v) is 10.6. The lowest BCUT2D eigenvalue weighted by molar-refractivity contribution is -0.126. The van der Waals surface area contributed by atoms with Gasteiger partial charge in [0, 0.05) is 17.8 Å². The predicted molar refractivity (Wildman–Crippen MR) is 116 cm³/mol. The molecule has 0 unspecified atom stereocenters. The number of hydrogen-bond donors (Lipinski definition) is 0. The highest BCUT2D eigenvalue weighted by Crippen LogP contribution is 2.51. The van der Waals surface area contributed by atoms with Crippen LogP contribution in [0.4, 0.5) is 4.39 Å². The van der Waals surface area contributed by atoms with Crippen molar-refractivity contribution in [3.63, 3.8) is 0 Å². The zero-order valence-electron chi connectivity index (χ0n) is 17.1. The van der Waals surface area contributed by atoms with E-state index in [9.17, 15) is 9.18 Å². The number of aromatic nitrogens is 2. The van der Waals surface area contributed by atoms with Gasteiger partial charge in [-0.25, -0.2) is 9.07 Å². The topological polar surface area (TPSA) is 34.9 Å². The maximum absolute atomic E-state index is 13.3. The Labute approximate surface area is 176 Å². The third-order valence-electron chi connectivity index (χ3n) is 6.88.